The fourth-order valence-corrected chi connectivity index (χ4v) is 7.02. The predicted octanol–water partition coefficient (Wildman–Crippen LogP) is 6.17. The van der Waals surface area contributed by atoms with Crippen molar-refractivity contribution in [3.8, 4) is 0 Å². The van der Waals surface area contributed by atoms with Gasteiger partial charge in [0.05, 0.1) is 22.8 Å². The molecular weight excluding hydrogens is 805 g/mol. The van der Waals surface area contributed by atoms with Gasteiger partial charge < -0.3 is 52.1 Å². The average molecular weight is 861 g/mol. The maximum Gasteiger partial charge on any atom is 0.320 e. The van der Waals surface area contributed by atoms with E-state index >= 15 is 0 Å². The number of aryl methyl sites for hydroxylation is 4. The van der Waals surface area contributed by atoms with E-state index in [4.69, 9.17) is 41.9 Å². The second-order valence-electron chi connectivity index (χ2n) is 14.9. The molecule has 5 rings (SSSR count). The predicted molar refractivity (Wildman–Crippen MR) is 233 cm³/mol. The molecule has 0 fully saturated rings. The summed E-state index contributed by atoms with van der Waals surface area (Å²) >= 11 is 0. The smallest absolute Gasteiger partial charge is 0.320 e. The zero-order valence-electron chi connectivity index (χ0n) is 35.7. The molecule has 5 heterocycles. The Bertz CT molecular complexity index is 2430. The first-order valence-corrected chi connectivity index (χ1v) is 20.1. The lowest BCUT2D eigenvalue weighted by Gasteiger charge is -2.03. The Morgan fingerprint density at radius 2 is 0.887 bits per heavy atom. The number of aromatic nitrogens is 4. The lowest BCUT2D eigenvalue weighted by atomic mass is 10.00. The highest BCUT2D eigenvalue weighted by molar-refractivity contribution is 5.95. The summed E-state index contributed by atoms with van der Waals surface area (Å²) in [5, 5.41) is 51.5. The van der Waals surface area contributed by atoms with E-state index in [0.29, 0.717) is 18.5 Å². The maximum atomic E-state index is 11.5. The molecule has 0 amide bonds. The van der Waals surface area contributed by atoms with Crippen LogP contribution in [0, 0.1) is 13.8 Å². The summed E-state index contributed by atoms with van der Waals surface area (Å²) in [5.41, 5.74) is 25.4. The average Bonchev–Trinajstić information content (AvgIpc) is 3.86. The number of rotatable bonds is 16. The van der Waals surface area contributed by atoms with Gasteiger partial charge in [-0.1, -0.05) is 13.8 Å². The van der Waals surface area contributed by atoms with Crippen LogP contribution in [0.1, 0.15) is 124 Å². The normalized spacial score (nSPS) is 13.0. The zero-order valence-corrected chi connectivity index (χ0v) is 35.7. The number of hydrogen-bond donors (Lipinski definition) is 10. The Morgan fingerprint density at radius 1 is 0.516 bits per heavy atom. The van der Waals surface area contributed by atoms with Gasteiger partial charge in [0.1, 0.15) is 12.1 Å². The molecule has 18 heteroatoms. The largest absolute Gasteiger partial charge is 0.481 e. The molecular formula is C44H56N6O12. The van der Waals surface area contributed by atoms with E-state index in [9.17, 15) is 39.0 Å². The number of nitrogens with two attached hydrogens (primary N) is 2. The highest BCUT2D eigenvalue weighted by Gasteiger charge is 2.21. The van der Waals surface area contributed by atoms with Crippen LogP contribution in [-0.2, 0) is 41.6 Å². The van der Waals surface area contributed by atoms with Crippen molar-refractivity contribution < 1.29 is 59.4 Å². The molecule has 0 aliphatic carbocycles. The van der Waals surface area contributed by atoms with Crippen LogP contribution in [-0.4, -0.2) is 98.5 Å². The molecule has 2 aliphatic rings. The number of hydrogen-bond acceptors (Lipinski definition) is 10. The SMILES string of the molecule is CCC1=C(C)c2cc3[nH]c(cc4nc(cc5[nH]c(cc1n2)c(C)c5CCC(=O)O)C(CCC(=O)O)=C4C)c(C)c3CC.N[C@@H](CCC(=O)O)C(=O)O.N[C@@H](CCC(=O)O)C(=O)O. The number of fused-ring (bicyclic) bond motifs is 8. The fraction of sp³-hybridized carbons (Fsp3) is 0.409. The molecule has 0 saturated carbocycles. The Kier molecular flexibility index (Phi) is 17.8. The first kappa shape index (κ1) is 49.7. The van der Waals surface area contributed by atoms with Gasteiger partial charge in [0.15, 0.2) is 0 Å². The third-order valence-electron chi connectivity index (χ3n) is 10.7. The van der Waals surface area contributed by atoms with Crippen molar-refractivity contribution in [1.82, 2.24) is 19.9 Å². The van der Waals surface area contributed by atoms with Crippen LogP contribution in [0.5, 0.6) is 0 Å². The number of nitrogens with zero attached hydrogens (tertiary/aromatic N) is 2. The lowest BCUT2D eigenvalue weighted by Crippen LogP contribution is -2.30. The first-order chi connectivity index (χ1) is 29.1. The minimum atomic E-state index is -1.17. The van der Waals surface area contributed by atoms with Crippen LogP contribution in [0.15, 0.2) is 24.3 Å². The third kappa shape index (κ3) is 13.2. The molecule has 0 saturated heterocycles. The highest BCUT2D eigenvalue weighted by Crippen LogP contribution is 2.37. The summed E-state index contributed by atoms with van der Waals surface area (Å²) < 4.78 is 0. The summed E-state index contributed by atoms with van der Waals surface area (Å²) in [4.78, 5) is 80.1. The standard InChI is InChI=1S/C34H38N4O4.2C5H9NO4/c1-7-21-17(3)25-13-26-19(5)23(9-11-33(39)40)31(37-26)16-32-24(10-12-34(41)42)20(6)28(38-32)15-30-22(8-2)18(4)27(36-30)14-29(21)35-25;2*6-3(5(9)10)1-2-4(7)8/h13-16,35,38H,7-12H2,1-6H3,(H,39,40)(H,41,42);2*3H,1-2,6H2,(H,7,8)(H,9,10)/t;2*3-/m.00/s1. The van der Waals surface area contributed by atoms with E-state index in [0.717, 1.165) is 85.4 Å². The van der Waals surface area contributed by atoms with E-state index in [1.54, 1.807) is 0 Å². The van der Waals surface area contributed by atoms with E-state index in [1.165, 1.54) is 11.1 Å². The maximum absolute atomic E-state index is 11.5. The van der Waals surface area contributed by atoms with Crippen molar-refractivity contribution in [2.45, 2.75) is 118 Å². The minimum Gasteiger partial charge on any atom is -0.481 e. The summed E-state index contributed by atoms with van der Waals surface area (Å²) in [7, 11) is 0. The van der Waals surface area contributed by atoms with Crippen molar-refractivity contribution in [1.29, 1.82) is 0 Å². The van der Waals surface area contributed by atoms with Gasteiger partial charge in [-0.3, -0.25) is 28.8 Å². The number of nitrogens with one attached hydrogen (secondary N) is 2. The van der Waals surface area contributed by atoms with Gasteiger partial charge in [0.2, 0.25) is 0 Å². The number of aromatic amines is 2. The number of carboxylic acids is 6. The molecule has 2 aliphatic heterocycles. The number of carbonyl (C=O) groups is 6. The molecule has 18 nitrogen and oxygen atoms in total. The number of aliphatic carboxylic acids is 6. The van der Waals surface area contributed by atoms with Crippen LogP contribution in [0.25, 0.3) is 44.4 Å². The molecule has 62 heavy (non-hydrogen) atoms. The van der Waals surface area contributed by atoms with Gasteiger partial charge in [-0.15, -0.1) is 0 Å². The summed E-state index contributed by atoms with van der Waals surface area (Å²) in [6.07, 6.45) is 1.94. The molecule has 3 aromatic rings. The third-order valence-corrected chi connectivity index (χ3v) is 10.7. The number of allylic oxidation sites excluding steroid dienone is 4. The van der Waals surface area contributed by atoms with Crippen molar-refractivity contribution >= 4 is 80.2 Å². The van der Waals surface area contributed by atoms with Crippen LogP contribution in [0.2, 0.25) is 0 Å². The van der Waals surface area contributed by atoms with Gasteiger partial charge in [-0.05, 0) is 135 Å². The highest BCUT2D eigenvalue weighted by atomic mass is 16.4. The number of carboxylic acid groups (broad SMARTS) is 6. The summed E-state index contributed by atoms with van der Waals surface area (Å²) in [5.74, 6) is -6.12. The molecule has 12 N–H and O–H groups in total. The summed E-state index contributed by atoms with van der Waals surface area (Å²) in [6, 6.07) is 6.07. The second-order valence-corrected chi connectivity index (χ2v) is 14.9. The van der Waals surface area contributed by atoms with Gasteiger partial charge >= 0.3 is 35.8 Å². The molecule has 3 aromatic heterocycles. The summed E-state index contributed by atoms with van der Waals surface area (Å²) in [6.45, 7) is 12.5. The van der Waals surface area contributed by atoms with Crippen molar-refractivity contribution in [2.24, 2.45) is 11.5 Å². The van der Waals surface area contributed by atoms with Crippen molar-refractivity contribution in [2.75, 3.05) is 0 Å². The first-order valence-electron chi connectivity index (χ1n) is 20.1. The van der Waals surface area contributed by atoms with Gasteiger partial charge in [-0.2, -0.15) is 0 Å². The quantitative estimate of drug-likeness (QED) is 0.0769. The Balaban J connectivity index is 0.000000423. The van der Waals surface area contributed by atoms with Gasteiger partial charge in [0.25, 0.3) is 0 Å². The van der Waals surface area contributed by atoms with Gasteiger partial charge in [0, 0.05) is 47.8 Å². The van der Waals surface area contributed by atoms with Crippen LogP contribution < -0.4 is 11.5 Å². The Morgan fingerprint density at radius 3 is 1.32 bits per heavy atom. The molecule has 0 unspecified atom stereocenters. The lowest BCUT2D eigenvalue weighted by molar-refractivity contribution is -0.141. The van der Waals surface area contributed by atoms with Gasteiger partial charge in [-0.25, -0.2) is 9.97 Å². The molecule has 0 spiro atoms. The molecule has 0 aromatic carbocycles. The van der Waals surface area contributed by atoms with Crippen LogP contribution in [0.4, 0.5) is 0 Å². The second kappa shape index (κ2) is 22.3. The van der Waals surface area contributed by atoms with E-state index < -0.39 is 47.9 Å². The van der Waals surface area contributed by atoms with E-state index in [1.807, 2.05) is 26.0 Å². The van der Waals surface area contributed by atoms with Crippen molar-refractivity contribution in [3.63, 3.8) is 0 Å². The zero-order chi connectivity index (χ0) is 46.6. The fourth-order valence-electron chi connectivity index (χ4n) is 7.02. The number of H-pyrrole nitrogens is 2. The van der Waals surface area contributed by atoms with Crippen molar-refractivity contribution in [3.05, 3.63) is 69.3 Å². The topological polar surface area (TPSA) is 333 Å². The molecule has 0 radical (unpaired) electrons. The molecule has 334 valence electrons. The molecule has 2 atom stereocenters. The molecule has 8 bridgehead atoms. The Labute approximate surface area is 357 Å². The monoisotopic (exact) mass is 860 g/mol. The van der Waals surface area contributed by atoms with E-state index in [-0.39, 0.29) is 38.5 Å². The van der Waals surface area contributed by atoms with E-state index in [2.05, 4.69) is 49.8 Å². The minimum absolute atomic E-state index is 0.00162. The van der Waals surface area contributed by atoms with Crippen LogP contribution in [0.3, 0.4) is 0 Å². The Hall–Kier alpha value is -6.66. The van der Waals surface area contributed by atoms with Crippen LogP contribution >= 0.6 is 0 Å².